The van der Waals surface area contributed by atoms with Crippen LogP contribution in [0.15, 0.2) is 0 Å². The zero-order valence-corrected chi connectivity index (χ0v) is 7.67. The van der Waals surface area contributed by atoms with E-state index in [-0.39, 0.29) is 5.92 Å². The summed E-state index contributed by atoms with van der Waals surface area (Å²) in [7, 11) is 0. The van der Waals surface area contributed by atoms with E-state index < -0.39 is 5.79 Å². The first-order chi connectivity index (χ1) is 5.76. The highest BCUT2D eigenvalue weighted by atomic mass is 16.7. The standard InChI is InChI=1S/C9H15NO2/c1-3-11-9(12-4-2)5-8(6-9)7-10/h8H,3-6H2,1-2H3. The second kappa shape index (κ2) is 3.88. The smallest absolute Gasteiger partial charge is 0.170 e. The van der Waals surface area contributed by atoms with Crippen molar-refractivity contribution in [3.63, 3.8) is 0 Å². The molecule has 0 spiro atoms. The van der Waals surface area contributed by atoms with Crippen LogP contribution in [0.4, 0.5) is 0 Å². The summed E-state index contributed by atoms with van der Waals surface area (Å²) in [5.41, 5.74) is 0. The molecule has 0 saturated heterocycles. The summed E-state index contributed by atoms with van der Waals surface area (Å²) in [5, 5.41) is 8.59. The molecule has 0 aliphatic heterocycles. The van der Waals surface area contributed by atoms with E-state index in [2.05, 4.69) is 6.07 Å². The van der Waals surface area contributed by atoms with Gasteiger partial charge < -0.3 is 9.47 Å². The first kappa shape index (κ1) is 9.50. The molecule has 3 heteroatoms. The Balaban J connectivity index is 2.39. The Kier molecular flexibility index (Phi) is 3.07. The van der Waals surface area contributed by atoms with Crippen LogP contribution < -0.4 is 0 Å². The molecule has 0 aromatic carbocycles. The summed E-state index contributed by atoms with van der Waals surface area (Å²) < 4.78 is 10.9. The van der Waals surface area contributed by atoms with Crippen LogP contribution in [0.1, 0.15) is 26.7 Å². The van der Waals surface area contributed by atoms with Crippen molar-refractivity contribution in [3.8, 4) is 6.07 Å². The Labute approximate surface area is 73.3 Å². The maximum atomic E-state index is 8.59. The third-order valence-corrected chi connectivity index (χ3v) is 2.11. The van der Waals surface area contributed by atoms with Crippen LogP contribution in [-0.2, 0) is 9.47 Å². The minimum atomic E-state index is -0.427. The minimum Gasteiger partial charge on any atom is -0.350 e. The van der Waals surface area contributed by atoms with Gasteiger partial charge in [-0.3, -0.25) is 0 Å². The van der Waals surface area contributed by atoms with Crippen molar-refractivity contribution >= 4 is 0 Å². The zero-order valence-electron chi connectivity index (χ0n) is 7.67. The first-order valence-electron chi connectivity index (χ1n) is 4.44. The maximum Gasteiger partial charge on any atom is 0.170 e. The van der Waals surface area contributed by atoms with Gasteiger partial charge in [0.25, 0.3) is 0 Å². The van der Waals surface area contributed by atoms with Crippen molar-refractivity contribution in [1.82, 2.24) is 0 Å². The summed E-state index contributed by atoms with van der Waals surface area (Å²) >= 11 is 0. The molecule has 0 N–H and O–H groups in total. The molecule has 1 rings (SSSR count). The van der Waals surface area contributed by atoms with E-state index >= 15 is 0 Å². The van der Waals surface area contributed by atoms with Crippen molar-refractivity contribution in [3.05, 3.63) is 0 Å². The van der Waals surface area contributed by atoms with E-state index in [1.807, 2.05) is 13.8 Å². The monoisotopic (exact) mass is 169 g/mol. The molecule has 0 aromatic rings. The summed E-state index contributed by atoms with van der Waals surface area (Å²) in [6.45, 7) is 5.19. The van der Waals surface area contributed by atoms with Crippen molar-refractivity contribution in [1.29, 1.82) is 5.26 Å². The summed E-state index contributed by atoms with van der Waals surface area (Å²) in [4.78, 5) is 0. The molecule has 3 nitrogen and oxygen atoms in total. The molecule has 12 heavy (non-hydrogen) atoms. The van der Waals surface area contributed by atoms with Gasteiger partial charge >= 0.3 is 0 Å². The molecule has 0 heterocycles. The summed E-state index contributed by atoms with van der Waals surface area (Å²) in [6, 6.07) is 2.21. The second-order valence-corrected chi connectivity index (χ2v) is 3.01. The molecular weight excluding hydrogens is 154 g/mol. The number of ether oxygens (including phenoxy) is 2. The predicted octanol–water partition coefficient (Wildman–Crippen LogP) is 1.69. The fourth-order valence-electron chi connectivity index (χ4n) is 1.59. The van der Waals surface area contributed by atoms with Gasteiger partial charge in [0.15, 0.2) is 5.79 Å². The SMILES string of the molecule is CCOC1(OCC)CC(C#N)C1. The van der Waals surface area contributed by atoms with Gasteiger partial charge in [-0.25, -0.2) is 0 Å². The lowest BCUT2D eigenvalue weighted by molar-refractivity contribution is -0.284. The van der Waals surface area contributed by atoms with Crippen LogP contribution in [0.2, 0.25) is 0 Å². The normalized spacial score (nSPS) is 21.4. The van der Waals surface area contributed by atoms with E-state index in [0.29, 0.717) is 13.2 Å². The number of nitriles is 1. The summed E-state index contributed by atoms with van der Waals surface area (Å²) in [6.07, 6.45) is 1.45. The molecule has 1 aliphatic rings. The highest BCUT2D eigenvalue weighted by molar-refractivity contribution is 4.99. The molecule has 1 fully saturated rings. The number of rotatable bonds is 4. The van der Waals surface area contributed by atoms with Crippen LogP contribution >= 0.6 is 0 Å². The quantitative estimate of drug-likeness (QED) is 0.601. The van der Waals surface area contributed by atoms with Gasteiger partial charge in [-0.15, -0.1) is 0 Å². The molecule has 0 bridgehead atoms. The Bertz CT molecular complexity index is 171. The van der Waals surface area contributed by atoms with Gasteiger partial charge in [-0.2, -0.15) is 5.26 Å². The third-order valence-electron chi connectivity index (χ3n) is 2.11. The highest BCUT2D eigenvalue weighted by Gasteiger charge is 2.46. The largest absolute Gasteiger partial charge is 0.350 e. The molecule has 1 saturated carbocycles. The Morgan fingerprint density at radius 1 is 1.33 bits per heavy atom. The van der Waals surface area contributed by atoms with Gasteiger partial charge in [0, 0.05) is 26.1 Å². The lowest BCUT2D eigenvalue weighted by atomic mass is 9.80. The van der Waals surface area contributed by atoms with Crippen LogP contribution in [0.3, 0.4) is 0 Å². The van der Waals surface area contributed by atoms with Gasteiger partial charge in [0.2, 0.25) is 0 Å². The van der Waals surface area contributed by atoms with Crippen LogP contribution in [0.25, 0.3) is 0 Å². The topological polar surface area (TPSA) is 42.2 Å². The minimum absolute atomic E-state index is 0.128. The molecule has 0 aromatic heterocycles. The fraction of sp³-hybridized carbons (Fsp3) is 0.889. The molecule has 68 valence electrons. The lowest BCUT2D eigenvalue weighted by Crippen LogP contribution is -2.48. The average molecular weight is 169 g/mol. The molecular formula is C9H15NO2. The molecule has 0 amide bonds. The second-order valence-electron chi connectivity index (χ2n) is 3.01. The van der Waals surface area contributed by atoms with E-state index in [9.17, 15) is 0 Å². The van der Waals surface area contributed by atoms with Crippen molar-refractivity contribution in [2.45, 2.75) is 32.5 Å². The first-order valence-corrected chi connectivity index (χ1v) is 4.44. The number of hydrogen-bond acceptors (Lipinski definition) is 3. The van der Waals surface area contributed by atoms with Crippen molar-refractivity contribution in [2.24, 2.45) is 5.92 Å². The molecule has 1 aliphatic carbocycles. The van der Waals surface area contributed by atoms with Crippen molar-refractivity contribution in [2.75, 3.05) is 13.2 Å². The van der Waals surface area contributed by atoms with E-state index in [1.165, 1.54) is 0 Å². The van der Waals surface area contributed by atoms with Crippen molar-refractivity contribution < 1.29 is 9.47 Å². The molecule has 0 radical (unpaired) electrons. The average Bonchev–Trinajstić information content (AvgIpc) is 1.99. The number of hydrogen-bond donors (Lipinski definition) is 0. The maximum absolute atomic E-state index is 8.59. The van der Waals surface area contributed by atoms with Crippen LogP contribution in [0.5, 0.6) is 0 Å². The predicted molar refractivity (Wildman–Crippen MR) is 44.3 cm³/mol. The summed E-state index contributed by atoms with van der Waals surface area (Å²) in [5.74, 6) is -0.299. The lowest BCUT2D eigenvalue weighted by Gasteiger charge is -2.43. The molecule has 0 unspecified atom stereocenters. The Morgan fingerprint density at radius 3 is 2.17 bits per heavy atom. The van der Waals surface area contributed by atoms with Gasteiger partial charge in [-0.05, 0) is 13.8 Å². The van der Waals surface area contributed by atoms with Gasteiger partial charge in [0.1, 0.15) is 0 Å². The zero-order chi connectivity index (χ0) is 9.03. The highest BCUT2D eigenvalue weighted by Crippen LogP contribution is 2.41. The Morgan fingerprint density at radius 2 is 1.83 bits per heavy atom. The Hall–Kier alpha value is -0.590. The van der Waals surface area contributed by atoms with E-state index in [1.54, 1.807) is 0 Å². The fourth-order valence-corrected chi connectivity index (χ4v) is 1.59. The van der Waals surface area contributed by atoms with E-state index in [0.717, 1.165) is 12.8 Å². The van der Waals surface area contributed by atoms with E-state index in [4.69, 9.17) is 14.7 Å². The van der Waals surface area contributed by atoms with Gasteiger partial charge in [-0.1, -0.05) is 0 Å². The third kappa shape index (κ3) is 1.77. The number of nitrogens with zero attached hydrogens (tertiary/aromatic N) is 1. The van der Waals surface area contributed by atoms with Gasteiger partial charge in [0.05, 0.1) is 12.0 Å². The van der Waals surface area contributed by atoms with Crippen LogP contribution in [0, 0.1) is 17.2 Å². The molecule has 0 atom stereocenters. The van der Waals surface area contributed by atoms with Crippen LogP contribution in [-0.4, -0.2) is 19.0 Å².